The molecule has 13 nitrogen and oxygen atoms in total. The van der Waals surface area contributed by atoms with Gasteiger partial charge in [0.05, 0.1) is 24.9 Å². The molecule has 0 unspecified atom stereocenters. The molecule has 13 heteroatoms. The summed E-state index contributed by atoms with van der Waals surface area (Å²) in [6, 6.07) is -0.533. The van der Waals surface area contributed by atoms with Gasteiger partial charge < -0.3 is 65.5 Å². The summed E-state index contributed by atoms with van der Waals surface area (Å²) in [4.78, 5) is 0. The predicted octanol–water partition coefficient (Wildman–Crippen LogP) is -5.28. The average Bonchev–Trinajstić information content (AvgIpc) is 3.01. The third-order valence-corrected chi connectivity index (χ3v) is 6.29. The van der Waals surface area contributed by atoms with Crippen molar-refractivity contribution >= 4 is 0 Å². The second-order valence-electron chi connectivity index (χ2n) is 8.40. The SMILES string of the molecule is C[C@H]1O[C@@H](O[C@H]2[C@H](O)[C@@H](O)[C@@H](O[C@@H]3[C@@H](CO)[C@H](N)C[C@H]3O)O[C@@H]2CO)[C@H](O)[C@@H](O)[C@@H]1O. The van der Waals surface area contributed by atoms with E-state index in [9.17, 15) is 40.9 Å². The van der Waals surface area contributed by atoms with Crippen molar-refractivity contribution in [2.24, 2.45) is 11.7 Å². The summed E-state index contributed by atoms with van der Waals surface area (Å²) in [7, 11) is 0. The number of aliphatic hydroxyl groups is 8. The van der Waals surface area contributed by atoms with E-state index in [-0.39, 0.29) is 13.0 Å². The Morgan fingerprint density at radius 1 is 0.774 bits per heavy atom. The quantitative estimate of drug-likeness (QED) is 0.183. The van der Waals surface area contributed by atoms with Crippen LogP contribution in [0.2, 0.25) is 0 Å². The summed E-state index contributed by atoms with van der Waals surface area (Å²) in [5.74, 6) is -0.621. The number of rotatable bonds is 6. The molecule has 14 atom stereocenters. The van der Waals surface area contributed by atoms with E-state index >= 15 is 0 Å². The van der Waals surface area contributed by atoms with E-state index in [4.69, 9.17) is 24.7 Å². The minimum absolute atomic E-state index is 0.166. The Morgan fingerprint density at radius 3 is 1.97 bits per heavy atom. The molecule has 31 heavy (non-hydrogen) atoms. The van der Waals surface area contributed by atoms with Crippen LogP contribution in [0, 0.1) is 5.92 Å². The Hall–Kier alpha value is -0.520. The average molecular weight is 455 g/mol. The zero-order valence-corrected chi connectivity index (χ0v) is 17.0. The van der Waals surface area contributed by atoms with Crippen molar-refractivity contribution in [1.82, 2.24) is 0 Å². The van der Waals surface area contributed by atoms with Gasteiger partial charge >= 0.3 is 0 Å². The van der Waals surface area contributed by atoms with Gasteiger partial charge in [-0.3, -0.25) is 0 Å². The van der Waals surface area contributed by atoms with Crippen molar-refractivity contribution < 1.29 is 59.8 Å². The van der Waals surface area contributed by atoms with Crippen molar-refractivity contribution in [3.63, 3.8) is 0 Å². The van der Waals surface area contributed by atoms with Gasteiger partial charge in [0, 0.05) is 18.6 Å². The lowest BCUT2D eigenvalue weighted by Gasteiger charge is -2.46. The van der Waals surface area contributed by atoms with Crippen LogP contribution in [0.1, 0.15) is 13.3 Å². The molecule has 0 aromatic carbocycles. The highest BCUT2D eigenvalue weighted by atomic mass is 16.7. The second-order valence-corrected chi connectivity index (χ2v) is 8.40. The number of ether oxygens (including phenoxy) is 4. The highest BCUT2D eigenvalue weighted by molar-refractivity contribution is 4.97. The molecule has 2 aliphatic heterocycles. The van der Waals surface area contributed by atoms with Crippen LogP contribution < -0.4 is 5.73 Å². The molecule has 1 saturated carbocycles. The molecule has 182 valence electrons. The van der Waals surface area contributed by atoms with E-state index in [0.29, 0.717) is 0 Å². The minimum atomic E-state index is -1.69. The first-order chi connectivity index (χ1) is 14.6. The summed E-state index contributed by atoms with van der Waals surface area (Å²) in [6.45, 7) is 0.405. The molecule has 0 spiro atoms. The van der Waals surface area contributed by atoms with E-state index in [1.165, 1.54) is 6.92 Å². The number of hydrogen-bond donors (Lipinski definition) is 9. The molecule has 2 saturated heterocycles. The maximum Gasteiger partial charge on any atom is 0.187 e. The summed E-state index contributed by atoms with van der Waals surface area (Å²) >= 11 is 0. The third-order valence-electron chi connectivity index (χ3n) is 6.29. The van der Waals surface area contributed by atoms with Crippen LogP contribution in [0.3, 0.4) is 0 Å². The largest absolute Gasteiger partial charge is 0.396 e. The molecule has 3 rings (SSSR count). The van der Waals surface area contributed by atoms with Gasteiger partial charge in [-0.1, -0.05) is 0 Å². The molecule has 2 heterocycles. The molecule has 0 amide bonds. The molecule has 1 aliphatic carbocycles. The fourth-order valence-electron chi connectivity index (χ4n) is 4.32. The fraction of sp³-hybridized carbons (Fsp3) is 1.00. The van der Waals surface area contributed by atoms with Crippen LogP contribution in [0.5, 0.6) is 0 Å². The van der Waals surface area contributed by atoms with E-state index in [0.717, 1.165) is 0 Å². The Labute approximate surface area is 178 Å². The summed E-state index contributed by atoms with van der Waals surface area (Å²) in [6.07, 6.45) is -16.3. The van der Waals surface area contributed by atoms with Gasteiger partial charge in [-0.25, -0.2) is 0 Å². The summed E-state index contributed by atoms with van der Waals surface area (Å²) < 4.78 is 22.0. The Kier molecular flexibility index (Phi) is 8.24. The standard InChI is InChI=1S/C18H33NO12/c1-5-10(23)11(24)13(26)17(28-5)31-16-9(4-21)29-18(14(27)12(16)25)30-15-6(3-20)7(19)2-8(15)22/h5-18,20-27H,2-4,19H2,1H3/t5-,6+,7-,8-,9-,10-,11+,12-,13-,14-,15-,16-,17+,18-/m1/s1. The van der Waals surface area contributed by atoms with Crippen LogP contribution in [-0.4, -0.2) is 134 Å². The van der Waals surface area contributed by atoms with E-state index in [1.807, 2.05) is 0 Å². The smallest absolute Gasteiger partial charge is 0.187 e. The molecule has 0 radical (unpaired) electrons. The van der Waals surface area contributed by atoms with Crippen molar-refractivity contribution in [3.8, 4) is 0 Å². The van der Waals surface area contributed by atoms with Gasteiger partial charge in [0.2, 0.25) is 0 Å². The van der Waals surface area contributed by atoms with Crippen molar-refractivity contribution in [2.75, 3.05) is 13.2 Å². The number of hydrogen-bond acceptors (Lipinski definition) is 13. The van der Waals surface area contributed by atoms with E-state index in [2.05, 4.69) is 0 Å². The molecule has 10 N–H and O–H groups in total. The monoisotopic (exact) mass is 455 g/mol. The molecule has 3 aliphatic rings. The van der Waals surface area contributed by atoms with Crippen molar-refractivity contribution in [2.45, 2.75) is 93.0 Å². The van der Waals surface area contributed by atoms with E-state index < -0.39 is 92.2 Å². The Morgan fingerprint density at radius 2 is 1.35 bits per heavy atom. The van der Waals surface area contributed by atoms with Gasteiger partial charge in [0.15, 0.2) is 12.6 Å². The van der Waals surface area contributed by atoms with Crippen LogP contribution >= 0.6 is 0 Å². The number of nitrogens with two attached hydrogens (primary N) is 1. The fourth-order valence-corrected chi connectivity index (χ4v) is 4.32. The Bertz CT molecular complexity index is 584. The van der Waals surface area contributed by atoms with Crippen molar-refractivity contribution in [3.05, 3.63) is 0 Å². The van der Waals surface area contributed by atoms with Crippen LogP contribution in [0.15, 0.2) is 0 Å². The third kappa shape index (κ3) is 4.89. The summed E-state index contributed by atoms with van der Waals surface area (Å²) in [5.41, 5.74) is 5.87. The van der Waals surface area contributed by atoms with Crippen molar-refractivity contribution in [1.29, 1.82) is 0 Å². The van der Waals surface area contributed by atoms with E-state index in [1.54, 1.807) is 0 Å². The lowest BCUT2D eigenvalue weighted by atomic mass is 9.97. The molecule has 0 aromatic heterocycles. The Balaban J connectivity index is 1.69. The van der Waals surface area contributed by atoms with Crippen LogP contribution in [0.4, 0.5) is 0 Å². The first kappa shape index (κ1) is 25.1. The maximum atomic E-state index is 10.6. The number of aliphatic hydroxyl groups excluding tert-OH is 8. The van der Waals surface area contributed by atoms with Gasteiger partial charge in [-0.15, -0.1) is 0 Å². The van der Waals surface area contributed by atoms with Gasteiger partial charge in [0.1, 0.15) is 42.7 Å². The lowest BCUT2D eigenvalue weighted by molar-refractivity contribution is -0.362. The lowest BCUT2D eigenvalue weighted by Crippen LogP contribution is -2.64. The topological polar surface area (TPSA) is 225 Å². The molecular weight excluding hydrogens is 422 g/mol. The summed E-state index contributed by atoms with van der Waals surface area (Å²) in [5, 5.41) is 80.3. The van der Waals surface area contributed by atoms with Crippen LogP contribution in [0.25, 0.3) is 0 Å². The minimum Gasteiger partial charge on any atom is -0.396 e. The highest BCUT2D eigenvalue weighted by Crippen LogP contribution is 2.33. The normalized spacial score (nSPS) is 53.6. The molecule has 0 aromatic rings. The first-order valence-electron chi connectivity index (χ1n) is 10.3. The maximum absolute atomic E-state index is 10.6. The molecule has 0 bridgehead atoms. The molecule has 3 fully saturated rings. The van der Waals surface area contributed by atoms with Gasteiger partial charge in [-0.2, -0.15) is 0 Å². The first-order valence-corrected chi connectivity index (χ1v) is 10.3. The van der Waals surface area contributed by atoms with Gasteiger partial charge in [0.25, 0.3) is 0 Å². The van der Waals surface area contributed by atoms with Gasteiger partial charge in [-0.05, 0) is 13.3 Å². The zero-order valence-electron chi connectivity index (χ0n) is 17.0. The predicted molar refractivity (Wildman–Crippen MR) is 99.0 cm³/mol. The second kappa shape index (κ2) is 10.2. The zero-order chi connectivity index (χ0) is 23.0. The molecular formula is C18H33NO12. The highest BCUT2D eigenvalue weighted by Gasteiger charge is 2.52. The van der Waals surface area contributed by atoms with Crippen LogP contribution in [-0.2, 0) is 18.9 Å².